The standard InChI is InChI=1S/C29H27BrFN7O4/c1-16(39)6-9-25-32-12-19(13-33-25)18-7-8-22-21(10-18)28(17(2)40)36-38(22)15-27(41)37-14-20(31)11-23(37)29(42)35-26-5-3-4-24(30)34-26/h3-5,7-8,10,12-13,20,23H,6,9,11,14-15H2,1-2H3,(H,34,35,42)/t20-,23+/m1/s1. The Labute approximate surface area is 248 Å². The van der Waals surface area contributed by atoms with E-state index >= 15 is 0 Å². The smallest absolute Gasteiger partial charge is 0.248 e. The number of Topliss-reactive ketones (excluding diaryl/α,β-unsaturated/α-hetero) is 2. The third kappa shape index (κ3) is 6.40. The van der Waals surface area contributed by atoms with Gasteiger partial charge in [-0.25, -0.2) is 19.3 Å². The summed E-state index contributed by atoms with van der Waals surface area (Å²) in [4.78, 5) is 64.2. The summed E-state index contributed by atoms with van der Waals surface area (Å²) in [5.41, 5.74) is 2.17. The number of anilines is 1. The molecule has 1 aromatic carbocycles. The Hall–Kier alpha value is -4.39. The minimum atomic E-state index is -1.36. The first-order valence-corrected chi connectivity index (χ1v) is 14.1. The Morgan fingerprint density at radius 3 is 2.52 bits per heavy atom. The molecule has 0 bridgehead atoms. The summed E-state index contributed by atoms with van der Waals surface area (Å²) in [6.45, 7) is 2.39. The van der Waals surface area contributed by atoms with Crippen molar-refractivity contribution < 1.29 is 23.6 Å². The highest BCUT2D eigenvalue weighted by Crippen LogP contribution is 2.28. The molecule has 1 aliphatic heterocycles. The second-order valence-electron chi connectivity index (χ2n) is 10.1. The van der Waals surface area contributed by atoms with Crippen molar-refractivity contribution in [3.8, 4) is 11.1 Å². The Morgan fingerprint density at radius 2 is 1.83 bits per heavy atom. The van der Waals surface area contributed by atoms with E-state index in [1.54, 1.807) is 48.8 Å². The molecule has 0 unspecified atom stereocenters. The van der Waals surface area contributed by atoms with Crippen molar-refractivity contribution in [1.29, 1.82) is 0 Å². The molecule has 1 saturated heterocycles. The van der Waals surface area contributed by atoms with Crippen molar-refractivity contribution in [3.05, 3.63) is 64.9 Å². The summed E-state index contributed by atoms with van der Waals surface area (Å²) < 4.78 is 16.4. The topological polar surface area (TPSA) is 140 Å². The molecule has 0 aliphatic carbocycles. The van der Waals surface area contributed by atoms with Crippen LogP contribution in [0.25, 0.3) is 22.0 Å². The second kappa shape index (κ2) is 12.2. The van der Waals surface area contributed by atoms with Crippen LogP contribution >= 0.6 is 15.9 Å². The fraction of sp³-hybridized carbons (Fsp3) is 0.310. The number of alkyl halides is 1. The van der Waals surface area contributed by atoms with Gasteiger partial charge in [-0.05, 0) is 52.7 Å². The number of aryl methyl sites for hydroxylation is 1. The lowest BCUT2D eigenvalue weighted by Gasteiger charge is -2.23. The number of carbonyl (C=O) groups is 4. The van der Waals surface area contributed by atoms with Gasteiger partial charge in [0.2, 0.25) is 11.8 Å². The summed E-state index contributed by atoms with van der Waals surface area (Å²) in [5.74, 6) is -0.434. The molecule has 11 nitrogen and oxygen atoms in total. The van der Waals surface area contributed by atoms with E-state index in [4.69, 9.17) is 0 Å². The molecule has 4 heterocycles. The van der Waals surface area contributed by atoms with Crippen molar-refractivity contribution in [2.75, 3.05) is 11.9 Å². The Morgan fingerprint density at radius 1 is 1.07 bits per heavy atom. The number of ketones is 2. The van der Waals surface area contributed by atoms with E-state index in [-0.39, 0.29) is 42.6 Å². The van der Waals surface area contributed by atoms with E-state index in [0.29, 0.717) is 39.7 Å². The highest BCUT2D eigenvalue weighted by Gasteiger charge is 2.40. The maximum atomic E-state index is 14.5. The molecule has 0 radical (unpaired) electrons. The molecule has 42 heavy (non-hydrogen) atoms. The molecule has 2 atom stereocenters. The molecule has 3 aromatic heterocycles. The number of benzene rings is 1. The predicted molar refractivity (Wildman–Crippen MR) is 155 cm³/mol. The number of carbonyl (C=O) groups excluding carboxylic acids is 4. The molecule has 216 valence electrons. The van der Waals surface area contributed by atoms with Crippen LogP contribution in [0.15, 0.2) is 53.4 Å². The number of amides is 2. The number of pyridine rings is 1. The van der Waals surface area contributed by atoms with Crippen LogP contribution in [0.3, 0.4) is 0 Å². The highest BCUT2D eigenvalue weighted by molar-refractivity contribution is 9.10. The minimum Gasteiger partial charge on any atom is -0.326 e. The van der Waals surface area contributed by atoms with Gasteiger partial charge in [-0.3, -0.25) is 19.1 Å². The Bertz CT molecular complexity index is 1690. The van der Waals surface area contributed by atoms with Gasteiger partial charge >= 0.3 is 0 Å². The van der Waals surface area contributed by atoms with Gasteiger partial charge in [0.1, 0.15) is 46.5 Å². The van der Waals surface area contributed by atoms with E-state index < -0.39 is 24.0 Å². The van der Waals surface area contributed by atoms with Crippen molar-refractivity contribution in [2.45, 2.75) is 51.9 Å². The number of hydrogen-bond acceptors (Lipinski definition) is 8. The molecule has 1 aliphatic rings. The monoisotopic (exact) mass is 635 g/mol. The van der Waals surface area contributed by atoms with Crippen LogP contribution in [0.1, 0.15) is 43.0 Å². The summed E-state index contributed by atoms with van der Waals surface area (Å²) in [6.07, 6.45) is 2.63. The first-order chi connectivity index (χ1) is 20.1. The van der Waals surface area contributed by atoms with Crippen LogP contribution in [-0.4, -0.2) is 71.8 Å². The average molecular weight is 636 g/mol. The number of aromatic nitrogens is 5. The van der Waals surface area contributed by atoms with Crippen LogP contribution in [0.5, 0.6) is 0 Å². The average Bonchev–Trinajstić information content (AvgIpc) is 3.52. The number of hydrogen-bond donors (Lipinski definition) is 1. The first-order valence-electron chi connectivity index (χ1n) is 13.3. The predicted octanol–water partition coefficient (Wildman–Crippen LogP) is 3.95. The molecule has 4 aromatic rings. The lowest BCUT2D eigenvalue weighted by Crippen LogP contribution is -2.44. The van der Waals surface area contributed by atoms with E-state index in [1.807, 2.05) is 0 Å². The molecule has 0 spiro atoms. The number of fused-ring (bicyclic) bond motifs is 1. The van der Waals surface area contributed by atoms with E-state index in [2.05, 4.69) is 41.3 Å². The summed E-state index contributed by atoms with van der Waals surface area (Å²) >= 11 is 3.24. The van der Waals surface area contributed by atoms with Crippen molar-refractivity contribution >= 4 is 56.0 Å². The number of likely N-dealkylation sites (tertiary alicyclic amines) is 1. The van der Waals surface area contributed by atoms with Crippen LogP contribution in [0, 0.1) is 0 Å². The van der Waals surface area contributed by atoms with Crippen LogP contribution in [0.4, 0.5) is 10.2 Å². The van der Waals surface area contributed by atoms with Gasteiger partial charge in [0.25, 0.3) is 0 Å². The van der Waals surface area contributed by atoms with E-state index in [9.17, 15) is 23.6 Å². The van der Waals surface area contributed by atoms with Crippen molar-refractivity contribution in [1.82, 2.24) is 29.6 Å². The lowest BCUT2D eigenvalue weighted by molar-refractivity contribution is -0.137. The molecule has 5 rings (SSSR count). The maximum absolute atomic E-state index is 14.5. The summed E-state index contributed by atoms with van der Waals surface area (Å²) in [6, 6.07) is 9.30. The summed E-state index contributed by atoms with van der Waals surface area (Å²) in [5, 5.41) is 7.59. The fourth-order valence-electron chi connectivity index (χ4n) is 4.88. The van der Waals surface area contributed by atoms with E-state index in [1.165, 1.54) is 23.4 Å². The molecular weight excluding hydrogens is 609 g/mol. The molecule has 13 heteroatoms. The SMILES string of the molecule is CC(=O)CCc1ncc(-c2ccc3c(c2)c(C(C)=O)nn3CC(=O)N2C[C@H](F)C[C@H]2C(=O)Nc2cccc(Br)n2)cn1. The number of nitrogens with zero attached hydrogens (tertiary/aromatic N) is 6. The van der Waals surface area contributed by atoms with Gasteiger partial charge in [-0.15, -0.1) is 0 Å². The lowest BCUT2D eigenvalue weighted by atomic mass is 10.0. The fourth-order valence-corrected chi connectivity index (χ4v) is 5.22. The van der Waals surface area contributed by atoms with Gasteiger partial charge in [0.05, 0.1) is 12.1 Å². The third-order valence-corrected chi connectivity index (χ3v) is 7.39. The second-order valence-corrected chi connectivity index (χ2v) is 10.9. The number of nitrogens with one attached hydrogen (secondary N) is 1. The van der Waals surface area contributed by atoms with Gasteiger partial charge in [-0.1, -0.05) is 12.1 Å². The van der Waals surface area contributed by atoms with Gasteiger partial charge < -0.3 is 15.0 Å². The molecule has 1 N–H and O–H groups in total. The largest absolute Gasteiger partial charge is 0.326 e. The first kappa shape index (κ1) is 29.1. The maximum Gasteiger partial charge on any atom is 0.248 e. The van der Waals surface area contributed by atoms with Crippen LogP contribution in [0.2, 0.25) is 0 Å². The zero-order chi connectivity index (χ0) is 30.0. The van der Waals surface area contributed by atoms with Crippen LogP contribution < -0.4 is 5.32 Å². The molecular formula is C29H27BrFN7O4. The van der Waals surface area contributed by atoms with Gasteiger partial charge in [0, 0.05) is 49.5 Å². The van der Waals surface area contributed by atoms with Crippen molar-refractivity contribution in [2.24, 2.45) is 0 Å². The van der Waals surface area contributed by atoms with Crippen molar-refractivity contribution in [3.63, 3.8) is 0 Å². The normalized spacial score (nSPS) is 16.5. The minimum absolute atomic E-state index is 0.0614. The van der Waals surface area contributed by atoms with Gasteiger partial charge in [0.15, 0.2) is 5.78 Å². The van der Waals surface area contributed by atoms with Crippen LogP contribution in [-0.2, 0) is 27.3 Å². The molecule has 0 saturated carbocycles. The zero-order valence-corrected chi connectivity index (χ0v) is 24.5. The number of rotatable bonds is 9. The molecule has 1 fully saturated rings. The third-order valence-electron chi connectivity index (χ3n) is 6.95. The Kier molecular flexibility index (Phi) is 8.48. The Balaban J connectivity index is 1.37. The number of halogens is 2. The highest BCUT2D eigenvalue weighted by atomic mass is 79.9. The summed E-state index contributed by atoms with van der Waals surface area (Å²) in [7, 11) is 0. The van der Waals surface area contributed by atoms with Gasteiger partial charge in [-0.2, -0.15) is 5.10 Å². The quantitative estimate of drug-likeness (QED) is 0.215. The van der Waals surface area contributed by atoms with E-state index in [0.717, 1.165) is 5.56 Å². The zero-order valence-electron chi connectivity index (χ0n) is 22.9. The molecule has 2 amide bonds.